The number of carbonyl (C=O) groups excluding carboxylic acids is 2. The van der Waals surface area contributed by atoms with E-state index >= 15 is 0 Å². The van der Waals surface area contributed by atoms with Crippen LogP contribution in [0.4, 0.5) is 21.9 Å². The molecule has 0 aliphatic rings. The van der Waals surface area contributed by atoms with Crippen molar-refractivity contribution in [1.29, 1.82) is 0 Å². The van der Waals surface area contributed by atoms with E-state index in [4.69, 9.17) is 9.47 Å². The van der Waals surface area contributed by atoms with E-state index in [1.165, 1.54) is 7.11 Å². The average molecular weight is 506 g/mol. The number of urea groups is 1. The highest BCUT2D eigenvalue weighted by Crippen LogP contribution is 2.32. The predicted molar refractivity (Wildman–Crippen MR) is 148 cm³/mol. The fourth-order valence-electron chi connectivity index (χ4n) is 3.72. The molecule has 3 rings (SSSR count). The first-order valence-electron chi connectivity index (χ1n) is 12.3. The Morgan fingerprint density at radius 2 is 1.54 bits per heavy atom. The average Bonchev–Trinajstić information content (AvgIpc) is 2.92. The van der Waals surface area contributed by atoms with Gasteiger partial charge in [0.05, 0.1) is 18.4 Å². The molecule has 37 heavy (non-hydrogen) atoms. The van der Waals surface area contributed by atoms with Crippen LogP contribution in [0.25, 0.3) is 0 Å². The van der Waals surface area contributed by atoms with Crippen molar-refractivity contribution in [3.05, 3.63) is 72.3 Å². The van der Waals surface area contributed by atoms with Crippen LogP contribution in [0.15, 0.2) is 66.7 Å². The van der Waals surface area contributed by atoms with Crippen LogP contribution in [0, 0.1) is 0 Å². The minimum atomic E-state index is -0.433. The first-order chi connectivity index (χ1) is 18.0. The Morgan fingerprint density at radius 1 is 0.865 bits per heavy atom. The Hall–Kier alpha value is -4.24. The van der Waals surface area contributed by atoms with E-state index in [2.05, 4.69) is 40.0 Å². The van der Waals surface area contributed by atoms with Gasteiger partial charge >= 0.3 is 6.03 Å². The lowest BCUT2D eigenvalue weighted by Gasteiger charge is -2.18. The van der Waals surface area contributed by atoms with E-state index in [1.807, 2.05) is 30.3 Å². The number of benzene rings is 3. The van der Waals surface area contributed by atoms with Crippen molar-refractivity contribution < 1.29 is 19.1 Å². The lowest BCUT2D eigenvalue weighted by atomic mass is 10.1. The number of ether oxygens (including phenoxy) is 2. The zero-order chi connectivity index (χ0) is 26.6. The molecule has 0 saturated carbocycles. The zero-order valence-corrected chi connectivity index (χ0v) is 21.8. The molecule has 9 nitrogen and oxygen atoms in total. The monoisotopic (exact) mass is 505 g/mol. The summed E-state index contributed by atoms with van der Waals surface area (Å²) >= 11 is 0. The quantitative estimate of drug-likeness (QED) is 0.268. The third-order valence-corrected chi connectivity index (χ3v) is 5.79. The molecule has 0 atom stereocenters. The first kappa shape index (κ1) is 27.3. The molecule has 3 aromatic carbocycles. The van der Waals surface area contributed by atoms with E-state index in [0.29, 0.717) is 40.7 Å². The normalized spacial score (nSPS) is 10.5. The van der Waals surface area contributed by atoms with Crippen LogP contribution in [-0.4, -0.2) is 57.2 Å². The molecule has 9 heteroatoms. The summed E-state index contributed by atoms with van der Waals surface area (Å²) in [5.41, 5.74) is 2.20. The minimum absolute atomic E-state index is 0.225. The smallest absolute Gasteiger partial charge is 0.323 e. The van der Waals surface area contributed by atoms with Gasteiger partial charge in [-0.05, 0) is 55.6 Å². The number of nitrogens with one attached hydrogen (secondary N) is 4. The van der Waals surface area contributed by atoms with Crippen LogP contribution in [0.1, 0.15) is 24.2 Å². The lowest BCUT2D eigenvalue weighted by molar-refractivity contribution is 0.0946. The number of likely N-dealkylation sites (N-methyl/N-ethyl adjacent to an activating group) is 1. The second kappa shape index (κ2) is 13.7. The number of rotatable bonds is 12. The SMILES string of the molecule is CCN(CC)CCNC(=O)c1ccc(NC(=O)Nc2ccc(Oc3ccccc3)c(NC)c2)cc1OC. The van der Waals surface area contributed by atoms with Crippen molar-refractivity contribution in [3.63, 3.8) is 0 Å². The van der Waals surface area contributed by atoms with Gasteiger partial charge in [-0.2, -0.15) is 0 Å². The van der Waals surface area contributed by atoms with Gasteiger partial charge in [0.15, 0.2) is 5.75 Å². The number of anilines is 3. The third-order valence-electron chi connectivity index (χ3n) is 5.79. The van der Waals surface area contributed by atoms with E-state index in [-0.39, 0.29) is 5.91 Å². The van der Waals surface area contributed by atoms with Crippen molar-refractivity contribution in [1.82, 2.24) is 10.2 Å². The van der Waals surface area contributed by atoms with Crippen molar-refractivity contribution in [2.24, 2.45) is 0 Å². The Morgan fingerprint density at radius 3 is 2.19 bits per heavy atom. The largest absolute Gasteiger partial charge is 0.496 e. The molecule has 0 radical (unpaired) electrons. The molecule has 196 valence electrons. The van der Waals surface area contributed by atoms with Gasteiger partial charge in [0, 0.05) is 37.6 Å². The number of hydrogen-bond donors (Lipinski definition) is 4. The summed E-state index contributed by atoms with van der Waals surface area (Å²) in [6.07, 6.45) is 0. The third kappa shape index (κ3) is 7.88. The van der Waals surface area contributed by atoms with Crippen LogP contribution in [0.3, 0.4) is 0 Å². The second-order valence-corrected chi connectivity index (χ2v) is 8.15. The molecule has 3 aromatic rings. The molecular formula is C28H35N5O4. The van der Waals surface area contributed by atoms with Gasteiger partial charge in [0.2, 0.25) is 0 Å². The van der Waals surface area contributed by atoms with Gasteiger partial charge in [0.1, 0.15) is 11.5 Å². The van der Waals surface area contributed by atoms with Gasteiger partial charge in [-0.25, -0.2) is 4.79 Å². The highest BCUT2D eigenvalue weighted by atomic mass is 16.5. The summed E-state index contributed by atoms with van der Waals surface area (Å²) in [6, 6.07) is 19.3. The summed E-state index contributed by atoms with van der Waals surface area (Å²) in [6.45, 7) is 7.35. The van der Waals surface area contributed by atoms with Gasteiger partial charge in [-0.1, -0.05) is 32.0 Å². The molecule has 0 saturated heterocycles. The number of hydrogen-bond acceptors (Lipinski definition) is 6. The molecule has 0 aliphatic carbocycles. The molecule has 0 unspecified atom stereocenters. The number of nitrogens with zero attached hydrogens (tertiary/aromatic N) is 1. The Kier molecular flexibility index (Phi) is 10.2. The molecule has 3 amide bonds. The van der Waals surface area contributed by atoms with E-state index in [0.717, 1.165) is 25.3 Å². The summed E-state index contributed by atoms with van der Waals surface area (Å²) < 4.78 is 11.3. The Bertz CT molecular complexity index is 1180. The summed E-state index contributed by atoms with van der Waals surface area (Å²) in [5.74, 6) is 1.50. The van der Waals surface area contributed by atoms with Crippen molar-refractivity contribution in [2.45, 2.75) is 13.8 Å². The van der Waals surface area contributed by atoms with E-state index in [9.17, 15) is 9.59 Å². The summed E-state index contributed by atoms with van der Waals surface area (Å²) in [4.78, 5) is 27.5. The number of methoxy groups -OCH3 is 1. The first-order valence-corrected chi connectivity index (χ1v) is 12.3. The van der Waals surface area contributed by atoms with E-state index < -0.39 is 6.03 Å². The molecule has 0 heterocycles. The molecule has 0 aliphatic heterocycles. The zero-order valence-electron chi connectivity index (χ0n) is 21.8. The Labute approximate surface area is 218 Å². The van der Waals surface area contributed by atoms with E-state index in [1.54, 1.807) is 43.4 Å². The predicted octanol–water partition coefficient (Wildman–Crippen LogP) is 5.24. The van der Waals surface area contributed by atoms with Gasteiger partial charge in [0.25, 0.3) is 5.91 Å². The number of carbonyl (C=O) groups is 2. The maximum absolute atomic E-state index is 12.6. The molecule has 0 bridgehead atoms. The standard InChI is InChI=1S/C28H35N5O4/c1-5-33(6-2)17-16-30-27(34)23-14-12-21(19-26(23)36-4)32-28(35)31-20-13-15-25(24(18-20)29-3)37-22-10-8-7-9-11-22/h7-15,18-19,29H,5-6,16-17H2,1-4H3,(H,30,34)(H2,31,32,35). The van der Waals surface area contributed by atoms with Crippen LogP contribution in [0.2, 0.25) is 0 Å². The van der Waals surface area contributed by atoms with Gasteiger partial charge in [-0.15, -0.1) is 0 Å². The van der Waals surface area contributed by atoms with Crippen LogP contribution in [0.5, 0.6) is 17.2 Å². The Balaban J connectivity index is 1.61. The van der Waals surface area contributed by atoms with Crippen molar-refractivity contribution >= 4 is 29.0 Å². The van der Waals surface area contributed by atoms with Gasteiger partial charge in [-0.3, -0.25) is 4.79 Å². The molecule has 4 N–H and O–H groups in total. The minimum Gasteiger partial charge on any atom is -0.496 e. The molecule has 0 aromatic heterocycles. The van der Waals surface area contributed by atoms with Crippen LogP contribution >= 0.6 is 0 Å². The topological polar surface area (TPSA) is 104 Å². The summed E-state index contributed by atoms with van der Waals surface area (Å²) in [7, 11) is 3.27. The van der Waals surface area contributed by atoms with Gasteiger partial charge < -0.3 is 35.6 Å². The number of para-hydroxylation sites is 1. The second-order valence-electron chi connectivity index (χ2n) is 8.15. The van der Waals surface area contributed by atoms with Crippen LogP contribution < -0.4 is 30.7 Å². The molecule has 0 fully saturated rings. The summed E-state index contributed by atoms with van der Waals surface area (Å²) in [5, 5.41) is 11.6. The van der Waals surface area contributed by atoms with Crippen LogP contribution in [-0.2, 0) is 0 Å². The fraction of sp³-hybridized carbons (Fsp3) is 0.286. The van der Waals surface area contributed by atoms with Crippen molar-refractivity contribution in [2.75, 3.05) is 56.3 Å². The highest BCUT2D eigenvalue weighted by molar-refractivity contribution is 6.02. The maximum atomic E-state index is 12.6. The molecule has 0 spiro atoms. The number of amides is 3. The van der Waals surface area contributed by atoms with Crippen molar-refractivity contribution in [3.8, 4) is 17.2 Å². The molecular weight excluding hydrogens is 470 g/mol. The maximum Gasteiger partial charge on any atom is 0.323 e. The lowest BCUT2D eigenvalue weighted by Crippen LogP contribution is -2.34. The highest BCUT2D eigenvalue weighted by Gasteiger charge is 2.14. The fourth-order valence-corrected chi connectivity index (χ4v) is 3.72.